The second-order valence-corrected chi connectivity index (χ2v) is 7.89. The van der Waals surface area contributed by atoms with Crippen molar-refractivity contribution in [3.05, 3.63) is 23.5 Å². The molecule has 21 heavy (non-hydrogen) atoms. The summed E-state index contributed by atoms with van der Waals surface area (Å²) < 4.78 is 40.6. The summed E-state index contributed by atoms with van der Waals surface area (Å²) in [5, 5.41) is 0. The summed E-state index contributed by atoms with van der Waals surface area (Å²) in [5.74, 6) is 0.558. The first-order chi connectivity index (χ1) is 9.79. The van der Waals surface area contributed by atoms with Crippen molar-refractivity contribution >= 4 is 15.7 Å². The van der Waals surface area contributed by atoms with Crippen LogP contribution in [0.15, 0.2) is 17.0 Å². The standard InChI is InChI=1S/C15H23FN2O2S/c1-10-3-5-12(6-4-10)9-18-21(19,20)13-7-11(2)15(16)14(17)8-13/h7-8,10,12,18H,3-6,9,17H2,1-2H3. The summed E-state index contributed by atoms with van der Waals surface area (Å²) in [6, 6.07) is 2.49. The van der Waals surface area contributed by atoms with Gasteiger partial charge < -0.3 is 5.73 Å². The van der Waals surface area contributed by atoms with E-state index < -0.39 is 15.8 Å². The van der Waals surface area contributed by atoms with Crippen LogP contribution in [0.5, 0.6) is 0 Å². The maximum Gasteiger partial charge on any atom is 0.240 e. The Hall–Kier alpha value is -1.14. The Bertz CT molecular complexity index is 585. The molecule has 118 valence electrons. The molecule has 0 spiro atoms. The summed E-state index contributed by atoms with van der Waals surface area (Å²) in [7, 11) is -3.63. The van der Waals surface area contributed by atoms with Crippen LogP contribution in [-0.2, 0) is 10.0 Å². The first-order valence-electron chi connectivity index (χ1n) is 7.35. The predicted molar refractivity (Wildman–Crippen MR) is 81.9 cm³/mol. The van der Waals surface area contributed by atoms with Gasteiger partial charge in [0.2, 0.25) is 10.0 Å². The molecule has 0 atom stereocenters. The predicted octanol–water partition coefficient (Wildman–Crippen LogP) is 2.82. The molecule has 1 fully saturated rings. The van der Waals surface area contributed by atoms with E-state index in [1.165, 1.54) is 19.1 Å². The number of halogens is 1. The quantitative estimate of drug-likeness (QED) is 0.839. The van der Waals surface area contributed by atoms with Crippen LogP contribution < -0.4 is 10.5 Å². The Morgan fingerprint density at radius 3 is 2.48 bits per heavy atom. The van der Waals surface area contributed by atoms with Crippen LogP contribution in [0.3, 0.4) is 0 Å². The van der Waals surface area contributed by atoms with Crippen molar-refractivity contribution in [2.24, 2.45) is 11.8 Å². The molecule has 0 radical (unpaired) electrons. The number of aryl methyl sites for hydroxylation is 1. The van der Waals surface area contributed by atoms with Crippen molar-refractivity contribution in [3.63, 3.8) is 0 Å². The van der Waals surface area contributed by atoms with Crippen LogP contribution in [0.1, 0.15) is 38.2 Å². The van der Waals surface area contributed by atoms with Gasteiger partial charge in [-0.05, 0) is 49.3 Å². The molecule has 0 unspecified atom stereocenters. The molecule has 1 aliphatic carbocycles. The van der Waals surface area contributed by atoms with Crippen LogP contribution in [-0.4, -0.2) is 15.0 Å². The number of hydrogen-bond acceptors (Lipinski definition) is 3. The number of nitrogens with two attached hydrogens (primary N) is 1. The third-order valence-electron chi connectivity index (χ3n) is 4.26. The van der Waals surface area contributed by atoms with Crippen molar-refractivity contribution < 1.29 is 12.8 Å². The molecular weight excluding hydrogens is 291 g/mol. The van der Waals surface area contributed by atoms with E-state index in [0.29, 0.717) is 12.5 Å². The van der Waals surface area contributed by atoms with E-state index in [1.54, 1.807) is 0 Å². The zero-order chi connectivity index (χ0) is 15.6. The number of hydrogen-bond donors (Lipinski definition) is 2. The molecule has 3 N–H and O–H groups in total. The Morgan fingerprint density at radius 2 is 1.90 bits per heavy atom. The monoisotopic (exact) mass is 314 g/mol. The molecule has 1 aromatic carbocycles. The minimum absolute atomic E-state index is 0.0306. The third-order valence-corrected chi connectivity index (χ3v) is 5.67. The van der Waals surface area contributed by atoms with E-state index in [0.717, 1.165) is 31.6 Å². The number of anilines is 1. The average Bonchev–Trinajstić information content (AvgIpc) is 2.43. The van der Waals surface area contributed by atoms with Gasteiger partial charge in [-0.25, -0.2) is 17.5 Å². The summed E-state index contributed by atoms with van der Waals surface area (Å²) in [4.78, 5) is 0.0306. The van der Waals surface area contributed by atoms with Gasteiger partial charge in [-0.3, -0.25) is 0 Å². The number of nitrogen functional groups attached to an aromatic ring is 1. The van der Waals surface area contributed by atoms with E-state index >= 15 is 0 Å². The van der Waals surface area contributed by atoms with Crippen molar-refractivity contribution in [2.75, 3.05) is 12.3 Å². The number of benzene rings is 1. The molecule has 1 saturated carbocycles. The van der Waals surface area contributed by atoms with Crippen molar-refractivity contribution in [1.29, 1.82) is 0 Å². The van der Waals surface area contributed by atoms with E-state index in [4.69, 9.17) is 5.73 Å². The normalized spacial score (nSPS) is 23.2. The smallest absolute Gasteiger partial charge is 0.240 e. The minimum Gasteiger partial charge on any atom is -0.396 e. The van der Waals surface area contributed by atoms with Gasteiger partial charge in [0.1, 0.15) is 5.82 Å². The first kappa shape index (κ1) is 16.2. The molecule has 6 heteroatoms. The third kappa shape index (κ3) is 3.95. The lowest BCUT2D eigenvalue weighted by molar-refractivity contribution is 0.290. The van der Waals surface area contributed by atoms with Crippen molar-refractivity contribution in [1.82, 2.24) is 4.72 Å². The lowest BCUT2D eigenvalue weighted by Crippen LogP contribution is -2.31. The van der Waals surface area contributed by atoms with Gasteiger partial charge in [-0.1, -0.05) is 19.8 Å². The highest BCUT2D eigenvalue weighted by Gasteiger charge is 2.22. The van der Waals surface area contributed by atoms with E-state index in [-0.39, 0.29) is 16.1 Å². The Morgan fingerprint density at radius 1 is 1.29 bits per heavy atom. The molecule has 0 heterocycles. The van der Waals surface area contributed by atoms with E-state index in [9.17, 15) is 12.8 Å². The summed E-state index contributed by atoms with van der Waals surface area (Å²) >= 11 is 0. The van der Waals surface area contributed by atoms with Crippen molar-refractivity contribution in [2.45, 2.75) is 44.4 Å². The zero-order valence-corrected chi connectivity index (χ0v) is 13.3. The molecule has 0 saturated heterocycles. The van der Waals surface area contributed by atoms with Gasteiger partial charge in [-0.15, -0.1) is 0 Å². The highest BCUT2D eigenvalue weighted by molar-refractivity contribution is 7.89. The van der Waals surface area contributed by atoms with Crippen LogP contribution in [0.2, 0.25) is 0 Å². The number of rotatable bonds is 4. The second kappa shape index (κ2) is 6.32. The number of sulfonamides is 1. The maximum absolute atomic E-state index is 13.5. The Kier molecular flexibility index (Phi) is 4.88. The SMILES string of the molecule is Cc1cc(S(=O)(=O)NCC2CCC(C)CC2)cc(N)c1F. The molecule has 0 bridgehead atoms. The van der Waals surface area contributed by atoms with E-state index in [2.05, 4.69) is 11.6 Å². The second-order valence-electron chi connectivity index (χ2n) is 6.12. The van der Waals surface area contributed by atoms with Gasteiger partial charge in [-0.2, -0.15) is 0 Å². The first-order valence-corrected chi connectivity index (χ1v) is 8.83. The molecule has 0 aromatic heterocycles. The zero-order valence-electron chi connectivity index (χ0n) is 12.5. The fourth-order valence-electron chi connectivity index (χ4n) is 2.76. The Labute approximate surface area is 126 Å². The molecule has 2 rings (SSSR count). The largest absolute Gasteiger partial charge is 0.396 e. The molecule has 0 amide bonds. The van der Waals surface area contributed by atoms with Gasteiger partial charge >= 0.3 is 0 Å². The molecule has 1 aromatic rings. The lowest BCUT2D eigenvalue weighted by Gasteiger charge is -2.26. The van der Waals surface area contributed by atoms with Crippen LogP contribution >= 0.6 is 0 Å². The summed E-state index contributed by atoms with van der Waals surface area (Å²) in [6.45, 7) is 4.17. The van der Waals surface area contributed by atoms with Gasteiger partial charge in [0.25, 0.3) is 0 Å². The molecule has 0 aliphatic heterocycles. The summed E-state index contributed by atoms with van der Waals surface area (Å²) in [5.41, 5.74) is 5.61. The molecular formula is C15H23FN2O2S. The molecule has 1 aliphatic rings. The highest BCUT2D eigenvalue weighted by atomic mass is 32.2. The maximum atomic E-state index is 13.5. The highest BCUT2D eigenvalue weighted by Crippen LogP contribution is 2.28. The number of nitrogens with one attached hydrogen (secondary N) is 1. The lowest BCUT2D eigenvalue weighted by atomic mass is 9.83. The van der Waals surface area contributed by atoms with E-state index in [1.807, 2.05) is 0 Å². The van der Waals surface area contributed by atoms with Crippen LogP contribution in [0.4, 0.5) is 10.1 Å². The molecule has 4 nitrogen and oxygen atoms in total. The van der Waals surface area contributed by atoms with Crippen LogP contribution in [0.25, 0.3) is 0 Å². The van der Waals surface area contributed by atoms with Crippen molar-refractivity contribution in [3.8, 4) is 0 Å². The average molecular weight is 314 g/mol. The van der Waals surface area contributed by atoms with Crippen LogP contribution in [0, 0.1) is 24.6 Å². The van der Waals surface area contributed by atoms with Gasteiger partial charge in [0.15, 0.2) is 0 Å². The van der Waals surface area contributed by atoms with Gasteiger partial charge in [0.05, 0.1) is 10.6 Å². The fourth-order valence-corrected chi connectivity index (χ4v) is 4.00. The van der Waals surface area contributed by atoms with Gasteiger partial charge in [0, 0.05) is 6.54 Å². The minimum atomic E-state index is -3.63. The Balaban J connectivity index is 2.05. The fraction of sp³-hybridized carbons (Fsp3) is 0.600. The topological polar surface area (TPSA) is 72.2 Å². The summed E-state index contributed by atoms with van der Waals surface area (Å²) in [6.07, 6.45) is 4.40.